The van der Waals surface area contributed by atoms with Gasteiger partial charge in [-0.05, 0) is 41.3 Å². The Kier molecular flexibility index (Phi) is 5.95. The molecule has 0 unspecified atom stereocenters. The maximum atomic E-state index is 2.31. The van der Waals surface area contributed by atoms with Crippen LogP contribution in [0.4, 0.5) is 0 Å². The largest absolute Gasteiger partial charge is 0.143 e. The van der Waals surface area contributed by atoms with Crippen molar-refractivity contribution < 1.29 is 0 Å². The number of aryl methyl sites for hydroxylation is 1. The smallest absolute Gasteiger partial charge is 0.0474 e. The van der Waals surface area contributed by atoms with Crippen molar-refractivity contribution in [1.29, 1.82) is 0 Å². The average molecular weight is 278 g/mol. The normalized spacial score (nSPS) is 10.9. The van der Waals surface area contributed by atoms with Gasteiger partial charge in [0, 0.05) is 9.75 Å². The fourth-order valence-corrected chi connectivity index (χ4v) is 4.11. The number of hydrogen-bond acceptors (Lipinski definition) is 2. The predicted octanol–water partition coefficient (Wildman–Crippen LogP) is 6.38. The second kappa shape index (κ2) is 7.75. The van der Waals surface area contributed by atoms with Gasteiger partial charge in [-0.2, -0.15) is 0 Å². The van der Waals surface area contributed by atoms with E-state index < -0.39 is 0 Å². The van der Waals surface area contributed by atoms with E-state index in [1.807, 2.05) is 22.7 Å². The first-order valence-electron chi connectivity index (χ1n) is 7.02. The summed E-state index contributed by atoms with van der Waals surface area (Å²) in [4.78, 5) is 2.93. The van der Waals surface area contributed by atoms with Crippen molar-refractivity contribution in [1.82, 2.24) is 0 Å². The highest BCUT2D eigenvalue weighted by Gasteiger charge is 2.07. The lowest BCUT2D eigenvalue weighted by atomic mass is 10.1. The molecule has 98 valence electrons. The summed E-state index contributed by atoms with van der Waals surface area (Å²) < 4.78 is 0. The van der Waals surface area contributed by atoms with E-state index in [0.717, 1.165) is 0 Å². The Bertz CT molecular complexity index is 426. The zero-order chi connectivity index (χ0) is 12.6. The van der Waals surface area contributed by atoms with Gasteiger partial charge in [0.2, 0.25) is 0 Å². The van der Waals surface area contributed by atoms with E-state index in [1.54, 1.807) is 5.56 Å². The number of hydrogen-bond donors (Lipinski definition) is 0. The monoisotopic (exact) mass is 278 g/mol. The lowest BCUT2D eigenvalue weighted by Crippen LogP contribution is -1.85. The molecule has 0 aromatic carbocycles. The average Bonchev–Trinajstić information content (AvgIpc) is 3.03. The van der Waals surface area contributed by atoms with Crippen LogP contribution in [0.5, 0.6) is 0 Å². The quantitative estimate of drug-likeness (QED) is 0.491. The summed E-state index contributed by atoms with van der Waals surface area (Å²) in [5.41, 5.74) is 1.55. The van der Waals surface area contributed by atoms with Crippen LogP contribution in [0.3, 0.4) is 0 Å². The summed E-state index contributed by atoms with van der Waals surface area (Å²) >= 11 is 3.75. The highest BCUT2D eigenvalue weighted by Crippen LogP contribution is 2.33. The van der Waals surface area contributed by atoms with Crippen molar-refractivity contribution in [3.8, 4) is 9.75 Å². The van der Waals surface area contributed by atoms with Gasteiger partial charge in [-0.3, -0.25) is 0 Å². The summed E-state index contributed by atoms with van der Waals surface area (Å²) in [6.45, 7) is 2.28. The van der Waals surface area contributed by atoms with E-state index in [0.29, 0.717) is 0 Å². The first-order chi connectivity index (χ1) is 8.92. The lowest BCUT2D eigenvalue weighted by molar-refractivity contribution is 0.608. The third-order valence-corrected chi connectivity index (χ3v) is 5.30. The lowest BCUT2D eigenvalue weighted by Gasteiger charge is -2.02. The predicted molar refractivity (Wildman–Crippen MR) is 84.7 cm³/mol. The number of rotatable bonds is 8. The molecule has 0 aliphatic heterocycles. The molecule has 0 radical (unpaired) electrons. The van der Waals surface area contributed by atoms with Crippen LogP contribution in [0.1, 0.15) is 51.0 Å². The molecule has 0 amide bonds. The second-order valence-corrected chi connectivity index (χ2v) is 6.63. The minimum atomic E-state index is 1.25. The molecule has 2 rings (SSSR count). The van der Waals surface area contributed by atoms with Crippen molar-refractivity contribution in [2.24, 2.45) is 0 Å². The highest BCUT2D eigenvalue weighted by molar-refractivity contribution is 7.20. The molecule has 0 fully saturated rings. The summed E-state index contributed by atoms with van der Waals surface area (Å²) in [7, 11) is 0. The van der Waals surface area contributed by atoms with Gasteiger partial charge < -0.3 is 0 Å². The van der Waals surface area contributed by atoms with Crippen LogP contribution in [0.2, 0.25) is 0 Å². The van der Waals surface area contributed by atoms with E-state index in [2.05, 4.69) is 35.9 Å². The standard InChI is InChI=1S/C16H22S2/c1-2-3-4-5-6-7-9-14-11-13-18-16(14)15-10-8-12-17-15/h8,10-13H,2-7,9H2,1H3. The molecular weight excluding hydrogens is 256 g/mol. The molecule has 0 bridgehead atoms. The minimum absolute atomic E-state index is 1.25. The molecular formula is C16H22S2. The van der Waals surface area contributed by atoms with Crippen molar-refractivity contribution in [3.63, 3.8) is 0 Å². The Morgan fingerprint density at radius 2 is 1.72 bits per heavy atom. The number of unbranched alkanes of at least 4 members (excludes halogenated alkanes) is 5. The molecule has 2 heteroatoms. The van der Waals surface area contributed by atoms with Gasteiger partial charge in [0.15, 0.2) is 0 Å². The molecule has 0 spiro atoms. The van der Waals surface area contributed by atoms with Crippen molar-refractivity contribution >= 4 is 22.7 Å². The van der Waals surface area contributed by atoms with Gasteiger partial charge in [0.25, 0.3) is 0 Å². The van der Waals surface area contributed by atoms with Gasteiger partial charge in [-0.25, -0.2) is 0 Å². The zero-order valence-electron chi connectivity index (χ0n) is 11.2. The molecule has 0 aliphatic rings. The van der Waals surface area contributed by atoms with E-state index >= 15 is 0 Å². The third-order valence-electron chi connectivity index (χ3n) is 3.29. The van der Waals surface area contributed by atoms with E-state index in [4.69, 9.17) is 0 Å². The first-order valence-corrected chi connectivity index (χ1v) is 8.78. The molecule has 0 saturated carbocycles. The van der Waals surface area contributed by atoms with E-state index in [-0.39, 0.29) is 0 Å². The molecule has 0 N–H and O–H groups in total. The van der Waals surface area contributed by atoms with Crippen LogP contribution in [0.15, 0.2) is 29.0 Å². The van der Waals surface area contributed by atoms with Crippen LogP contribution in [0.25, 0.3) is 9.75 Å². The van der Waals surface area contributed by atoms with Gasteiger partial charge in [-0.15, -0.1) is 22.7 Å². The molecule has 2 aromatic rings. The number of thiophene rings is 2. The Balaban J connectivity index is 1.78. The first kappa shape index (κ1) is 13.8. The molecule has 0 nitrogen and oxygen atoms in total. The topological polar surface area (TPSA) is 0 Å². The van der Waals surface area contributed by atoms with Crippen molar-refractivity contribution in [2.45, 2.75) is 51.9 Å². The zero-order valence-corrected chi connectivity index (χ0v) is 12.8. The molecule has 0 aliphatic carbocycles. The van der Waals surface area contributed by atoms with Gasteiger partial charge in [-0.1, -0.05) is 45.1 Å². The van der Waals surface area contributed by atoms with Gasteiger partial charge in [0.05, 0.1) is 0 Å². The maximum Gasteiger partial charge on any atom is 0.0474 e. The van der Waals surface area contributed by atoms with Crippen LogP contribution in [0, 0.1) is 0 Å². The third kappa shape index (κ3) is 3.96. The van der Waals surface area contributed by atoms with E-state index in [9.17, 15) is 0 Å². The molecule has 0 atom stereocenters. The van der Waals surface area contributed by atoms with Crippen LogP contribution in [-0.4, -0.2) is 0 Å². The second-order valence-electron chi connectivity index (χ2n) is 4.77. The summed E-state index contributed by atoms with van der Waals surface area (Å²) in [6.07, 6.45) is 9.55. The Labute approximate surface area is 119 Å². The maximum absolute atomic E-state index is 2.31. The summed E-state index contributed by atoms with van der Waals surface area (Å²) in [5, 5.41) is 4.41. The summed E-state index contributed by atoms with van der Waals surface area (Å²) in [6, 6.07) is 6.70. The highest BCUT2D eigenvalue weighted by atomic mass is 32.1. The fraction of sp³-hybridized carbons (Fsp3) is 0.500. The van der Waals surface area contributed by atoms with Gasteiger partial charge >= 0.3 is 0 Å². The molecule has 2 aromatic heterocycles. The van der Waals surface area contributed by atoms with E-state index in [1.165, 1.54) is 54.7 Å². The van der Waals surface area contributed by atoms with Crippen molar-refractivity contribution in [3.05, 3.63) is 34.5 Å². The van der Waals surface area contributed by atoms with Crippen LogP contribution < -0.4 is 0 Å². The van der Waals surface area contributed by atoms with Crippen molar-refractivity contribution in [2.75, 3.05) is 0 Å². The molecule has 18 heavy (non-hydrogen) atoms. The Morgan fingerprint density at radius 1 is 0.889 bits per heavy atom. The fourth-order valence-electron chi connectivity index (χ4n) is 2.25. The Hall–Kier alpha value is -0.600. The minimum Gasteiger partial charge on any atom is -0.143 e. The SMILES string of the molecule is CCCCCCCCc1ccsc1-c1cccs1. The molecule has 2 heterocycles. The Morgan fingerprint density at radius 3 is 2.50 bits per heavy atom. The summed E-state index contributed by atoms with van der Waals surface area (Å²) in [5.74, 6) is 0. The molecule has 0 saturated heterocycles. The van der Waals surface area contributed by atoms with Gasteiger partial charge in [0.1, 0.15) is 0 Å². The van der Waals surface area contributed by atoms with Crippen LogP contribution >= 0.6 is 22.7 Å². The van der Waals surface area contributed by atoms with Crippen LogP contribution in [-0.2, 0) is 6.42 Å².